The molecule has 6 heteroatoms. The van der Waals surface area contributed by atoms with Crippen LogP contribution in [0.2, 0.25) is 0 Å². The number of rotatable bonds is 4. The number of nitrogens with one attached hydrogen (secondary N) is 1. The zero-order valence-electron chi connectivity index (χ0n) is 10.2. The van der Waals surface area contributed by atoms with Crippen LogP contribution < -0.4 is 10.2 Å². The number of nitrogens with zero attached hydrogens (tertiary/aromatic N) is 4. The fourth-order valence-electron chi connectivity index (χ4n) is 1.99. The van der Waals surface area contributed by atoms with Crippen molar-refractivity contribution < 1.29 is 0 Å². The molecule has 0 aliphatic carbocycles. The van der Waals surface area contributed by atoms with Crippen molar-refractivity contribution in [2.45, 2.75) is 6.92 Å². The van der Waals surface area contributed by atoms with Crippen molar-refractivity contribution >= 4 is 22.3 Å². The number of aryl methyl sites for hydroxylation is 1. The highest BCUT2D eigenvalue weighted by Crippen LogP contribution is 2.22. The van der Waals surface area contributed by atoms with Crippen molar-refractivity contribution in [3.63, 3.8) is 0 Å². The van der Waals surface area contributed by atoms with Crippen LogP contribution in [-0.4, -0.2) is 34.8 Å². The molecule has 1 aliphatic rings. The molecule has 0 unspecified atom stereocenters. The molecule has 18 heavy (non-hydrogen) atoms. The highest BCUT2D eigenvalue weighted by molar-refractivity contribution is 7.13. The first-order chi connectivity index (χ1) is 8.81. The molecule has 0 aromatic carbocycles. The van der Waals surface area contributed by atoms with E-state index in [2.05, 4.69) is 25.4 Å². The lowest BCUT2D eigenvalue weighted by molar-refractivity contribution is 0.425. The van der Waals surface area contributed by atoms with E-state index >= 15 is 0 Å². The lowest BCUT2D eigenvalue weighted by Gasteiger charge is -2.39. The number of hydrogen-bond donors (Lipinski definition) is 1. The Balaban J connectivity index is 1.47. The van der Waals surface area contributed by atoms with Gasteiger partial charge in [-0.3, -0.25) is 0 Å². The minimum absolute atomic E-state index is 0.664. The van der Waals surface area contributed by atoms with Crippen molar-refractivity contribution in [2.24, 2.45) is 5.92 Å². The van der Waals surface area contributed by atoms with Crippen LogP contribution in [0.1, 0.15) is 5.69 Å². The third-order valence-corrected chi connectivity index (χ3v) is 3.77. The quantitative estimate of drug-likeness (QED) is 0.909. The zero-order valence-corrected chi connectivity index (χ0v) is 11.0. The van der Waals surface area contributed by atoms with Crippen molar-refractivity contribution in [3.8, 4) is 0 Å². The third-order valence-electron chi connectivity index (χ3n) is 3.04. The molecule has 1 saturated heterocycles. The van der Waals surface area contributed by atoms with Gasteiger partial charge < -0.3 is 10.2 Å². The topological polar surface area (TPSA) is 53.9 Å². The van der Waals surface area contributed by atoms with E-state index in [1.54, 1.807) is 11.3 Å². The smallest absolute Gasteiger partial charge is 0.182 e. The molecular formula is C12H15N5S. The first-order valence-corrected chi connectivity index (χ1v) is 6.88. The molecular weight excluding hydrogens is 246 g/mol. The Labute approximate surface area is 110 Å². The second-order valence-electron chi connectivity index (χ2n) is 4.52. The summed E-state index contributed by atoms with van der Waals surface area (Å²) in [4.78, 5) is 6.46. The Morgan fingerprint density at radius 3 is 2.94 bits per heavy atom. The molecule has 0 atom stereocenters. The number of thiazole rings is 1. The van der Waals surface area contributed by atoms with Gasteiger partial charge in [-0.05, 0) is 19.1 Å². The van der Waals surface area contributed by atoms with Gasteiger partial charge in [0.05, 0.1) is 5.69 Å². The van der Waals surface area contributed by atoms with Gasteiger partial charge in [0.1, 0.15) is 0 Å². The molecule has 1 N–H and O–H groups in total. The van der Waals surface area contributed by atoms with Crippen molar-refractivity contribution in [3.05, 3.63) is 29.4 Å². The van der Waals surface area contributed by atoms with Crippen molar-refractivity contribution in [1.29, 1.82) is 0 Å². The fourth-order valence-corrected chi connectivity index (χ4v) is 2.53. The zero-order chi connectivity index (χ0) is 12.4. The van der Waals surface area contributed by atoms with E-state index in [1.807, 2.05) is 30.6 Å². The van der Waals surface area contributed by atoms with Gasteiger partial charge in [0.25, 0.3) is 0 Å². The van der Waals surface area contributed by atoms with E-state index < -0.39 is 0 Å². The highest BCUT2D eigenvalue weighted by atomic mass is 32.1. The summed E-state index contributed by atoms with van der Waals surface area (Å²) >= 11 is 1.64. The number of hydrogen-bond acceptors (Lipinski definition) is 6. The van der Waals surface area contributed by atoms with Gasteiger partial charge in [0.2, 0.25) is 0 Å². The van der Waals surface area contributed by atoms with Crippen LogP contribution in [0.15, 0.2) is 23.7 Å². The first-order valence-electron chi connectivity index (χ1n) is 6.00. The van der Waals surface area contributed by atoms with Gasteiger partial charge >= 0.3 is 0 Å². The molecule has 2 aromatic rings. The average Bonchev–Trinajstić information content (AvgIpc) is 2.82. The molecule has 5 nitrogen and oxygen atoms in total. The summed E-state index contributed by atoms with van der Waals surface area (Å²) in [5.74, 6) is 1.64. The molecule has 3 heterocycles. The van der Waals surface area contributed by atoms with Crippen LogP contribution in [0.4, 0.5) is 10.9 Å². The molecule has 3 rings (SSSR count). The van der Waals surface area contributed by atoms with Gasteiger partial charge in [-0.15, -0.1) is 16.4 Å². The molecule has 0 spiro atoms. The van der Waals surface area contributed by atoms with E-state index in [0.29, 0.717) is 5.92 Å². The minimum Gasteiger partial charge on any atom is -0.361 e. The molecule has 1 fully saturated rings. The maximum Gasteiger partial charge on any atom is 0.182 e. The lowest BCUT2D eigenvalue weighted by Crippen LogP contribution is -2.50. The number of anilines is 2. The summed E-state index contributed by atoms with van der Waals surface area (Å²) in [7, 11) is 0. The van der Waals surface area contributed by atoms with E-state index in [4.69, 9.17) is 0 Å². The SMILES string of the molecule is Cc1ccc(N2CC(CNc3nccs3)C2)nn1. The Kier molecular flexibility index (Phi) is 3.10. The summed E-state index contributed by atoms with van der Waals surface area (Å²) in [6.45, 7) is 5.00. The summed E-state index contributed by atoms with van der Waals surface area (Å²) < 4.78 is 0. The molecule has 94 valence electrons. The Morgan fingerprint density at radius 1 is 1.39 bits per heavy atom. The predicted molar refractivity (Wildman–Crippen MR) is 73.1 cm³/mol. The lowest BCUT2D eigenvalue weighted by atomic mass is 10.0. The summed E-state index contributed by atoms with van der Waals surface area (Å²) in [6, 6.07) is 4.04. The summed E-state index contributed by atoms with van der Waals surface area (Å²) in [6.07, 6.45) is 1.82. The summed E-state index contributed by atoms with van der Waals surface area (Å²) in [5.41, 5.74) is 0.959. The normalized spacial score (nSPS) is 15.5. The maximum atomic E-state index is 4.20. The predicted octanol–water partition coefficient (Wildman–Crippen LogP) is 1.79. The number of aromatic nitrogens is 3. The van der Waals surface area contributed by atoms with Crippen LogP contribution in [0.3, 0.4) is 0 Å². The summed E-state index contributed by atoms with van der Waals surface area (Å²) in [5, 5.41) is 14.6. The third kappa shape index (κ3) is 2.43. The minimum atomic E-state index is 0.664. The van der Waals surface area contributed by atoms with Gasteiger partial charge in [0.15, 0.2) is 10.9 Å². The van der Waals surface area contributed by atoms with Crippen LogP contribution in [0.5, 0.6) is 0 Å². The van der Waals surface area contributed by atoms with Crippen LogP contribution in [-0.2, 0) is 0 Å². The second-order valence-corrected chi connectivity index (χ2v) is 5.42. The average molecular weight is 261 g/mol. The van der Waals surface area contributed by atoms with Crippen molar-refractivity contribution in [2.75, 3.05) is 29.9 Å². The van der Waals surface area contributed by atoms with Gasteiger partial charge in [0, 0.05) is 37.1 Å². The van der Waals surface area contributed by atoms with E-state index in [-0.39, 0.29) is 0 Å². The van der Waals surface area contributed by atoms with Crippen molar-refractivity contribution in [1.82, 2.24) is 15.2 Å². The first kappa shape index (κ1) is 11.4. The Morgan fingerprint density at radius 2 is 2.28 bits per heavy atom. The van der Waals surface area contributed by atoms with E-state index in [9.17, 15) is 0 Å². The Hall–Kier alpha value is -1.69. The van der Waals surface area contributed by atoms with Crippen LogP contribution in [0.25, 0.3) is 0 Å². The monoisotopic (exact) mass is 261 g/mol. The van der Waals surface area contributed by atoms with Crippen LogP contribution in [0, 0.1) is 12.8 Å². The molecule has 1 aliphatic heterocycles. The second kappa shape index (κ2) is 4.89. The van der Waals surface area contributed by atoms with E-state index in [0.717, 1.165) is 36.3 Å². The highest BCUT2D eigenvalue weighted by Gasteiger charge is 2.27. The van der Waals surface area contributed by atoms with Gasteiger partial charge in [-0.2, -0.15) is 5.10 Å². The van der Waals surface area contributed by atoms with Gasteiger partial charge in [-0.25, -0.2) is 4.98 Å². The fraction of sp³-hybridized carbons (Fsp3) is 0.417. The molecule has 0 saturated carbocycles. The van der Waals surface area contributed by atoms with E-state index in [1.165, 1.54) is 0 Å². The molecule has 2 aromatic heterocycles. The largest absolute Gasteiger partial charge is 0.361 e. The standard InChI is InChI=1S/C12H15N5S/c1-9-2-3-11(16-15-9)17-7-10(8-17)6-14-12-13-4-5-18-12/h2-5,10H,6-8H2,1H3,(H,13,14). The molecule has 0 bridgehead atoms. The Bertz CT molecular complexity index is 490. The molecule has 0 amide bonds. The molecule has 0 radical (unpaired) electrons. The maximum absolute atomic E-state index is 4.20. The van der Waals surface area contributed by atoms with Gasteiger partial charge in [-0.1, -0.05) is 0 Å². The van der Waals surface area contributed by atoms with Crippen LogP contribution >= 0.6 is 11.3 Å².